The molecule has 1 aromatic heterocycles. The molecule has 1 heterocycles. The Labute approximate surface area is 139 Å². The molecule has 2 aromatic rings. The van der Waals surface area contributed by atoms with Gasteiger partial charge in [0, 0.05) is 38.6 Å². The zero-order valence-corrected chi connectivity index (χ0v) is 13.4. The summed E-state index contributed by atoms with van der Waals surface area (Å²) in [5.74, 6) is 0.179. The first-order valence-electron chi connectivity index (χ1n) is 7.18. The number of amides is 2. The van der Waals surface area contributed by atoms with Gasteiger partial charge in [0.05, 0.1) is 5.56 Å². The third-order valence-corrected chi connectivity index (χ3v) is 3.25. The van der Waals surface area contributed by atoms with Crippen molar-refractivity contribution in [3.05, 3.63) is 53.5 Å². The van der Waals surface area contributed by atoms with Crippen molar-refractivity contribution in [2.24, 2.45) is 0 Å². The number of nitrogens with one attached hydrogen (secondary N) is 3. The highest BCUT2D eigenvalue weighted by Gasteiger charge is 2.11. The Kier molecular flexibility index (Phi) is 5.31. The van der Waals surface area contributed by atoms with E-state index >= 15 is 0 Å². The lowest BCUT2D eigenvalue weighted by atomic mass is 10.2. The molecular formula is C16H19FN6O. The minimum Gasteiger partial charge on any atom is -0.398 e. The average Bonchev–Trinajstić information content (AvgIpc) is 2.54. The number of pyridine rings is 1. The summed E-state index contributed by atoms with van der Waals surface area (Å²) in [7, 11) is 3.47. The number of anilines is 2. The van der Waals surface area contributed by atoms with Gasteiger partial charge in [0.2, 0.25) is 0 Å². The Balaban J connectivity index is 1.95. The minimum atomic E-state index is -0.457. The van der Waals surface area contributed by atoms with E-state index in [1.54, 1.807) is 31.1 Å². The van der Waals surface area contributed by atoms with Crippen LogP contribution in [0.15, 0.2) is 36.5 Å². The van der Waals surface area contributed by atoms with Gasteiger partial charge < -0.3 is 16.0 Å². The van der Waals surface area contributed by atoms with Gasteiger partial charge in [-0.2, -0.15) is 0 Å². The van der Waals surface area contributed by atoms with Gasteiger partial charge in [-0.15, -0.1) is 0 Å². The molecule has 0 saturated carbocycles. The highest BCUT2D eigenvalue weighted by atomic mass is 19.1. The number of nitrogens with zero attached hydrogens (tertiary/aromatic N) is 2. The molecule has 0 aliphatic heterocycles. The van der Waals surface area contributed by atoms with E-state index in [2.05, 4.69) is 15.6 Å². The molecule has 2 rings (SSSR count). The van der Waals surface area contributed by atoms with Crippen molar-refractivity contribution in [3.8, 4) is 0 Å². The van der Waals surface area contributed by atoms with Gasteiger partial charge >= 0.3 is 6.03 Å². The average molecular weight is 330 g/mol. The molecule has 0 bridgehead atoms. The number of halogens is 1. The van der Waals surface area contributed by atoms with E-state index in [-0.39, 0.29) is 24.0 Å². The Morgan fingerprint density at radius 3 is 2.58 bits per heavy atom. The van der Waals surface area contributed by atoms with Crippen LogP contribution in [-0.4, -0.2) is 35.8 Å². The molecule has 0 spiro atoms. The highest BCUT2D eigenvalue weighted by molar-refractivity contribution is 6.01. The summed E-state index contributed by atoms with van der Waals surface area (Å²) < 4.78 is 12.8. The maximum atomic E-state index is 12.8. The summed E-state index contributed by atoms with van der Waals surface area (Å²) in [6, 6.07) is 6.87. The third kappa shape index (κ3) is 4.42. The van der Waals surface area contributed by atoms with Crippen LogP contribution in [0.3, 0.4) is 0 Å². The largest absolute Gasteiger partial charge is 0.398 e. The number of aromatic nitrogens is 1. The van der Waals surface area contributed by atoms with Crippen molar-refractivity contribution in [1.29, 1.82) is 5.41 Å². The fraction of sp³-hybridized carbons (Fsp3) is 0.188. The van der Waals surface area contributed by atoms with Crippen molar-refractivity contribution < 1.29 is 9.18 Å². The quantitative estimate of drug-likeness (QED) is 0.508. The molecule has 0 radical (unpaired) electrons. The molecule has 126 valence electrons. The van der Waals surface area contributed by atoms with Crippen molar-refractivity contribution >= 4 is 23.4 Å². The second-order valence-corrected chi connectivity index (χ2v) is 5.33. The standard InChI is InChI=1S/C16H19FN6O/c1-23(2)15(19)12-9-20-14(7-13(12)18)22-16(24)21-8-10-3-5-11(17)6-4-10/h3-7,9,19H,8H2,1-2H3,(H4,18,20,21,22,24). The molecule has 7 nitrogen and oxygen atoms in total. The van der Waals surface area contributed by atoms with Gasteiger partial charge in [0.15, 0.2) is 0 Å². The zero-order chi connectivity index (χ0) is 17.7. The Morgan fingerprint density at radius 1 is 1.33 bits per heavy atom. The van der Waals surface area contributed by atoms with E-state index in [0.717, 1.165) is 5.56 Å². The number of benzene rings is 1. The first-order chi connectivity index (χ1) is 11.4. The second kappa shape index (κ2) is 7.40. The number of carbonyl (C=O) groups excluding carboxylic acids is 1. The number of hydrogen-bond acceptors (Lipinski definition) is 4. The van der Waals surface area contributed by atoms with Crippen LogP contribution in [0.1, 0.15) is 11.1 Å². The van der Waals surface area contributed by atoms with E-state index in [0.29, 0.717) is 11.3 Å². The fourth-order valence-corrected chi connectivity index (χ4v) is 1.92. The molecule has 0 atom stereocenters. The van der Waals surface area contributed by atoms with Crippen LogP contribution >= 0.6 is 0 Å². The molecule has 0 unspecified atom stereocenters. The molecule has 0 aliphatic carbocycles. The number of urea groups is 1. The van der Waals surface area contributed by atoms with Crippen LogP contribution in [0.25, 0.3) is 0 Å². The van der Waals surface area contributed by atoms with Gasteiger partial charge in [-0.05, 0) is 17.7 Å². The number of nitrogens with two attached hydrogens (primary N) is 1. The first kappa shape index (κ1) is 17.2. The van der Waals surface area contributed by atoms with Crippen LogP contribution < -0.4 is 16.4 Å². The van der Waals surface area contributed by atoms with Crippen LogP contribution in [-0.2, 0) is 6.54 Å². The predicted molar refractivity (Wildman–Crippen MR) is 91.4 cm³/mol. The van der Waals surface area contributed by atoms with Gasteiger partial charge in [-0.25, -0.2) is 14.2 Å². The molecule has 24 heavy (non-hydrogen) atoms. The predicted octanol–water partition coefficient (Wildman–Crippen LogP) is 2.01. The summed E-state index contributed by atoms with van der Waals surface area (Å²) in [4.78, 5) is 17.6. The van der Waals surface area contributed by atoms with Crippen molar-refractivity contribution in [2.45, 2.75) is 6.54 Å². The van der Waals surface area contributed by atoms with E-state index in [1.165, 1.54) is 24.4 Å². The normalized spacial score (nSPS) is 10.1. The number of nitrogen functional groups attached to an aromatic ring is 1. The Morgan fingerprint density at radius 2 is 2.00 bits per heavy atom. The lowest BCUT2D eigenvalue weighted by molar-refractivity contribution is 0.251. The van der Waals surface area contributed by atoms with Gasteiger partial charge in [0.25, 0.3) is 0 Å². The molecule has 8 heteroatoms. The Hall–Kier alpha value is -3.16. The van der Waals surface area contributed by atoms with Crippen molar-refractivity contribution in [1.82, 2.24) is 15.2 Å². The molecule has 0 aliphatic rings. The number of rotatable bonds is 4. The van der Waals surface area contributed by atoms with Crippen molar-refractivity contribution in [3.63, 3.8) is 0 Å². The maximum absolute atomic E-state index is 12.8. The SMILES string of the molecule is CN(C)C(=N)c1cnc(NC(=O)NCc2ccc(F)cc2)cc1N. The molecule has 5 N–H and O–H groups in total. The zero-order valence-electron chi connectivity index (χ0n) is 13.4. The minimum absolute atomic E-state index is 0.229. The van der Waals surface area contributed by atoms with E-state index < -0.39 is 6.03 Å². The molecule has 2 amide bonds. The number of amidine groups is 1. The smallest absolute Gasteiger partial charge is 0.320 e. The van der Waals surface area contributed by atoms with Crippen LogP contribution in [0, 0.1) is 11.2 Å². The second-order valence-electron chi connectivity index (χ2n) is 5.33. The summed E-state index contributed by atoms with van der Waals surface area (Å²) in [5, 5.41) is 13.1. The maximum Gasteiger partial charge on any atom is 0.320 e. The summed E-state index contributed by atoms with van der Waals surface area (Å²) in [6.07, 6.45) is 1.44. The number of carbonyl (C=O) groups is 1. The summed E-state index contributed by atoms with van der Waals surface area (Å²) >= 11 is 0. The van der Waals surface area contributed by atoms with Gasteiger partial charge in [-0.3, -0.25) is 10.7 Å². The van der Waals surface area contributed by atoms with Crippen molar-refractivity contribution in [2.75, 3.05) is 25.1 Å². The lowest BCUT2D eigenvalue weighted by Crippen LogP contribution is -2.29. The van der Waals surface area contributed by atoms with Crippen LogP contribution in [0.5, 0.6) is 0 Å². The fourth-order valence-electron chi connectivity index (χ4n) is 1.92. The highest BCUT2D eigenvalue weighted by Crippen LogP contribution is 2.16. The Bertz CT molecular complexity index is 745. The summed E-state index contributed by atoms with van der Waals surface area (Å²) in [5.41, 5.74) is 7.50. The molecule has 0 fully saturated rings. The van der Waals surface area contributed by atoms with Gasteiger partial charge in [-0.1, -0.05) is 12.1 Å². The topological polar surface area (TPSA) is 107 Å². The molecule has 0 saturated heterocycles. The van der Waals surface area contributed by atoms with E-state index in [1.807, 2.05) is 0 Å². The summed E-state index contributed by atoms with van der Waals surface area (Å²) in [6.45, 7) is 0.255. The first-order valence-corrected chi connectivity index (χ1v) is 7.18. The van der Waals surface area contributed by atoms with E-state index in [9.17, 15) is 9.18 Å². The lowest BCUT2D eigenvalue weighted by Gasteiger charge is -2.15. The monoisotopic (exact) mass is 330 g/mol. The van der Waals surface area contributed by atoms with E-state index in [4.69, 9.17) is 11.1 Å². The number of hydrogen-bond donors (Lipinski definition) is 4. The third-order valence-electron chi connectivity index (χ3n) is 3.25. The van der Waals surface area contributed by atoms with Crippen LogP contribution in [0.2, 0.25) is 0 Å². The molecular weight excluding hydrogens is 311 g/mol. The van der Waals surface area contributed by atoms with Crippen LogP contribution in [0.4, 0.5) is 20.7 Å². The molecule has 1 aromatic carbocycles. The van der Waals surface area contributed by atoms with Gasteiger partial charge in [0.1, 0.15) is 17.5 Å².